The maximum atomic E-state index is 12.8. The third-order valence-corrected chi connectivity index (χ3v) is 19.4. The first-order valence-corrected chi connectivity index (χ1v) is 33.4. The van der Waals surface area contributed by atoms with Crippen molar-refractivity contribution >= 4 is 51.7 Å². The zero-order chi connectivity index (χ0) is 64.8. The SMILES string of the molecule is C[N+](C)(Cc1ccc(NC(=O)c2cc3ccccc3o2)cc1)C1CCCCC1.Cc1oc(-c2ccc(Cl)cc2)cc1C(=O)NCc1ccc(C[N+](C)(C)C2CCOCC2)cc1.Cc1oc(-c2ccccc2)cc1C(=O)Nc1ccc(C[N+](C)(C)C2CCCCC2)cc1. The summed E-state index contributed by atoms with van der Waals surface area (Å²) in [4.78, 5) is 38.1. The van der Waals surface area contributed by atoms with Gasteiger partial charge in [0.15, 0.2) is 5.76 Å². The maximum absolute atomic E-state index is 12.8. The van der Waals surface area contributed by atoms with Gasteiger partial charge in [0.1, 0.15) is 48.3 Å². The second kappa shape index (κ2) is 30.6. The van der Waals surface area contributed by atoms with E-state index in [1.54, 1.807) is 12.1 Å². The van der Waals surface area contributed by atoms with E-state index >= 15 is 0 Å². The molecular weight excluding hydrogens is 1170 g/mol. The number of anilines is 2. The number of nitrogens with zero attached hydrogens (tertiary/aromatic N) is 3. The van der Waals surface area contributed by atoms with Crippen molar-refractivity contribution in [2.75, 3.05) is 66.1 Å². The summed E-state index contributed by atoms with van der Waals surface area (Å²) in [7, 11) is 14.0. The van der Waals surface area contributed by atoms with Gasteiger partial charge in [-0.3, -0.25) is 14.4 Å². The molecule has 13 nitrogen and oxygen atoms in total. The molecule has 0 atom stereocenters. The number of hydrogen-bond acceptors (Lipinski definition) is 7. The number of quaternary nitrogens is 3. The fraction of sp³-hybridized carbons (Fsp3) is 0.372. The van der Waals surface area contributed by atoms with Crippen LogP contribution in [-0.4, -0.2) is 105 Å². The molecular formula is C78H94ClN6O7+3. The van der Waals surface area contributed by atoms with Crippen molar-refractivity contribution in [1.82, 2.24) is 5.32 Å². The number of amides is 3. The van der Waals surface area contributed by atoms with Crippen LogP contribution in [0.3, 0.4) is 0 Å². The molecule has 3 N–H and O–H groups in total. The van der Waals surface area contributed by atoms with Gasteiger partial charge in [-0.15, -0.1) is 0 Å². The van der Waals surface area contributed by atoms with Crippen molar-refractivity contribution < 1.29 is 45.8 Å². The van der Waals surface area contributed by atoms with E-state index in [2.05, 4.69) is 107 Å². The lowest BCUT2D eigenvalue weighted by atomic mass is 9.92. The lowest BCUT2D eigenvalue weighted by Crippen LogP contribution is -2.50. The summed E-state index contributed by atoms with van der Waals surface area (Å²) in [6.07, 6.45) is 15.8. The van der Waals surface area contributed by atoms with Crippen LogP contribution in [0.1, 0.15) is 142 Å². The Morgan fingerprint density at radius 1 is 0.446 bits per heavy atom. The minimum atomic E-state index is -0.220. The fourth-order valence-corrected chi connectivity index (χ4v) is 13.7. The van der Waals surface area contributed by atoms with E-state index in [-0.39, 0.29) is 17.7 Å². The van der Waals surface area contributed by atoms with Gasteiger partial charge in [-0.2, -0.15) is 0 Å². The molecule has 92 heavy (non-hydrogen) atoms. The molecule has 4 heterocycles. The van der Waals surface area contributed by atoms with Crippen molar-refractivity contribution in [2.24, 2.45) is 0 Å². The monoisotopic (exact) mass is 1260 g/mol. The molecule has 0 spiro atoms. The zero-order valence-electron chi connectivity index (χ0n) is 55.2. The van der Waals surface area contributed by atoms with Crippen molar-refractivity contribution in [1.29, 1.82) is 0 Å². The standard InChI is InChI=1S/C27H31ClN2O3.C27H32N2O2.C24H28N2O2/c1-19-25(16-26(33-19)22-8-10-23(28)11-9-22)27(31)29-17-20-4-6-21(7-5-20)18-30(2,3)24-12-14-32-15-13-24;1-20-25(18-26(31-20)22-10-6-4-7-11-22)27(30)28-23-16-14-21(15-17-23)19-29(2,3)24-12-8-5-9-13-24;1-26(2,21-9-4-3-5-10-21)17-18-12-14-20(15-13-18)25-24(27)23-16-19-8-6-7-11-22(19)28-23/h4-11,16,24H,12-15,17-18H2,1-3H3;4,6-7,10-11,14-18,24H,5,8-9,12-13,19H2,1-3H3;6-8,11-16,21H,3-5,9-10,17H2,1-2H3/p+3. The lowest BCUT2D eigenvalue weighted by molar-refractivity contribution is -0.929. The Labute approximate surface area is 549 Å². The van der Waals surface area contributed by atoms with Crippen LogP contribution in [0.15, 0.2) is 183 Å². The van der Waals surface area contributed by atoms with Crippen molar-refractivity contribution in [3.05, 3.63) is 226 Å². The molecule has 3 fully saturated rings. The Morgan fingerprint density at radius 3 is 1.37 bits per heavy atom. The third kappa shape index (κ3) is 18.0. The summed E-state index contributed by atoms with van der Waals surface area (Å²) in [6.45, 7) is 8.85. The number of aryl methyl sites for hydroxylation is 2. The van der Waals surface area contributed by atoms with E-state index < -0.39 is 0 Å². The lowest BCUT2D eigenvalue weighted by Gasteiger charge is -2.40. The van der Waals surface area contributed by atoms with Crippen LogP contribution in [0.25, 0.3) is 33.6 Å². The highest BCUT2D eigenvalue weighted by atomic mass is 35.5. The number of benzene rings is 6. The number of nitrogens with one attached hydrogen (secondary N) is 3. The van der Waals surface area contributed by atoms with E-state index in [4.69, 9.17) is 29.6 Å². The van der Waals surface area contributed by atoms with E-state index in [0.717, 1.165) is 110 Å². The number of fused-ring (bicyclic) bond motifs is 1. The summed E-state index contributed by atoms with van der Waals surface area (Å²) < 4.78 is 25.8. The van der Waals surface area contributed by atoms with Crippen molar-refractivity contribution in [3.63, 3.8) is 0 Å². The molecule has 14 heteroatoms. The molecule has 482 valence electrons. The Bertz CT molecular complexity index is 3810. The number of halogens is 1. The van der Waals surface area contributed by atoms with Crippen LogP contribution in [0, 0.1) is 13.8 Å². The van der Waals surface area contributed by atoms with Crippen LogP contribution >= 0.6 is 11.6 Å². The highest BCUT2D eigenvalue weighted by Crippen LogP contribution is 2.32. The second-order valence-electron chi connectivity index (χ2n) is 27.2. The summed E-state index contributed by atoms with van der Waals surface area (Å²) in [5.74, 6) is 2.42. The Balaban J connectivity index is 0.000000152. The molecule has 1 saturated heterocycles. The number of rotatable bonds is 18. The normalized spacial score (nSPS) is 15.2. The van der Waals surface area contributed by atoms with E-state index in [1.165, 1.54) is 80.9 Å². The van der Waals surface area contributed by atoms with Gasteiger partial charge in [0, 0.05) is 69.0 Å². The number of carbonyl (C=O) groups excluding carboxylic acids is 3. The largest absolute Gasteiger partial charge is 0.461 e. The fourth-order valence-electron chi connectivity index (χ4n) is 13.6. The Hall–Kier alpha value is -8.04. The average molecular weight is 1260 g/mol. The Morgan fingerprint density at radius 2 is 0.870 bits per heavy atom. The van der Waals surface area contributed by atoms with Crippen molar-refractivity contribution in [3.8, 4) is 22.6 Å². The molecule has 9 aromatic rings. The first-order valence-electron chi connectivity index (χ1n) is 33.0. The number of para-hydroxylation sites is 1. The second-order valence-corrected chi connectivity index (χ2v) is 27.7. The van der Waals surface area contributed by atoms with Gasteiger partial charge < -0.3 is 47.4 Å². The molecule has 3 aromatic heterocycles. The van der Waals surface area contributed by atoms with E-state index in [9.17, 15) is 14.4 Å². The molecule has 3 aliphatic rings. The smallest absolute Gasteiger partial charge is 0.291 e. The van der Waals surface area contributed by atoms with Gasteiger partial charge in [0.25, 0.3) is 17.7 Å². The summed E-state index contributed by atoms with van der Waals surface area (Å²) in [5.41, 5.74) is 10.3. The summed E-state index contributed by atoms with van der Waals surface area (Å²) in [6, 6.07) is 57.4. The van der Waals surface area contributed by atoms with Crippen LogP contribution < -0.4 is 16.0 Å². The molecule has 2 aliphatic carbocycles. The molecule has 0 bridgehead atoms. The van der Waals surface area contributed by atoms with Gasteiger partial charge in [-0.1, -0.05) is 122 Å². The van der Waals surface area contributed by atoms with Gasteiger partial charge in [0.2, 0.25) is 0 Å². The maximum Gasteiger partial charge on any atom is 0.291 e. The van der Waals surface area contributed by atoms with Crippen LogP contribution in [0.5, 0.6) is 0 Å². The van der Waals surface area contributed by atoms with Gasteiger partial charge in [0.05, 0.1) is 84.8 Å². The predicted molar refractivity (Wildman–Crippen MR) is 370 cm³/mol. The van der Waals surface area contributed by atoms with Gasteiger partial charge in [-0.05, 0) is 144 Å². The molecule has 6 aromatic carbocycles. The van der Waals surface area contributed by atoms with Crippen LogP contribution in [0.4, 0.5) is 11.4 Å². The number of carbonyl (C=O) groups is 3. The number of hydrogen-bond donors (Lipinski definition) is 3. The minimum Gasteiger partial charge on any atom is -0.461 e. The number of furan rings is 3. The molecule has 2 saturated carbocycles. The predicted octanol–water partition coefficient (Wildman–Crippen LogP) is 17.6. The quantitative estimate of drug-likeness (QED) is 0.0728. The first kappa shape index (κ1) is 66.9. The first-order chi connectivity index (χ1) is 44.2. The summed E-state index contributed by atoms with van der Waals surface area (Å²) in [5, 5.41) is 10.6. The molecule has 1 aliphatic heterocycles. The van der Waals surface area contributed by atoms with Crippen molar-refractivity contribution in [2.45, 2.75) is 135 Å². The van der Waals surface area contributed by atoms with E-state index in [1.807, 2.05) is 123 Å². The molecule has 0 unspecified atom stereocenters. The van der Waals surface area contributed by atoms with E-state index in [0.29, 0.717) is 57.5 Å². The highest BCUT2D eigenvalue weighted by Gasteiger charge is 2.33. The molecule has 0 radical (unpaired) electrons. The number of ether oxygens (including phenoxy) is 1. The van der Waals surface area contributed by atoms with Crippen LogP contribution in [0.2, 0.25) is 5.02 Å². The third-order valence-electron chi connectivity index (χ3n) is 19.1. The summed E-state index contributed by atoms with van der Waals surface area (Å²) >= 11 is 5.96. The zero-order valence-corrected chi connectivity index (χ0v) is 56.0. The highest BCUT2D eigenvalue weighted by molar-refractivity contribution is 6.30. The van der Waals surface area contributed by atoms with Crippen LogP contribution in [-0.2, 0) is 30.9 Å². The molecule has 3 amide bonds. The van der Waals surface area contributed by atoms with Gasteiger partial charge in [-0.25, -0.2) is 0 Å². The average Bonchev–Trinajstić information content (AvgIpc) is 2.20. The Kier molecular flexibility index (Phi) is 22.2. The van der Waals surface area contributed by atoms with Gasteiger partial charge >= 0.3 is 0 Å². The molecule has 12 rings (SSSR count). The topological polar surface area (TPSA) is 136 Å². The minimum absolute atomic E-state index is 0.141.